The smallest absolute Gasteiger partial charge is 0.119 e. The number of aliphatic imine (C=N–C) groups is 1. The van der Waals surface area contributed by atoms with Crippen LogP contribution in [0.2, 0.25) is 0 Å². The van der Waals surface area contributed by atoms with E-state index >= 15 is 0 Å². The van der Waals surface area contributed by atoms with Crippen molar-refractivity contribution in [2.24, 2.45) is 4.99 Å². The molecule has 0 radical (unpaired) electrons. The zero-order valence-electron chi connectivity index (χ0n) is 12.9. The van der Waals surface area contributed by atoms with E-state index in [2.05, 4.69) is 35.1 Å². The molecule has 0 saturated carbocycles. The Hall–Kier alpha value is -3.09. The van der Waals surface area contributed by atoms with Gasteiger partial charge in [-0.1, -0.05) is 60.7 Å². The third-order valence-corrected chi connectivity index (χ3v) is 3.49. The van der Waals surface area contributed by atoms with E-state index in [4.69, 9.17) is 4.74 Å². The number of benzene rings is 3. The highest BCUT2D eigenvalue weighted by molar-refractivity contribution is 5.99. The summed E-state index contributed by atoms with van der Waals surface area (Å²) in [5, 5.41) is 0. The molecule has 2 heteroatoms. The van der Waals surface area contributed by atoms with E-state index in [1.54, 1.807) is 7.11 Å². The van der Waals surface area contributed by atoms with Crippen molar-refractivity contribution in [2.45, 2.75) is 0 Å². The van der Waals surface area contributed by atoms with E-state index in [0.29, 0.717) is 0 Å². The Morgan fingerprint density at radius 3 is 1.74 bits per heavy atom. The predicted octanol–water partition coefficient (Wildman–Crippen LogP) is 5.13. The molecular weight excluding hydrogens is 282 g/mol. The molecule has 0 aliphatic rings. The van der Waals surface area contributed by atoms with Crippen LogP contribution in [0.1, 0.15) is 11.1 Å². The van der Waals surface area contributed by atoms with Gasteiger partial charge in [-0.2, -0.15) is 0 Å². The van der Waals surface area contributed by atoms with Gasteiger partial charge in [-0.3, -0.25) is 0 Å². The van der Waals surface area contributed by atoms with E-state index in [0.717, 1.165) is 28.1 Å². The highest BCUT2D eigenvalue weighted by Crippen LogP contribution is 2.22. The maximum absolute atomic E-state index is 5.17. The van der Waals surface area contributed by atoms with Crippen molar-refractivity contribution in [3.8, 4) is 5.75 Å². The Labute approximate surface area is 136 Å². The molecule has 0 heterocycles. The molecule has 0 N–H and O–H groups in total. The van der Waals surface area contributed by atoms with Crippen LogP contribution in [0.4, 0.5) is 5.69 Å². The van der Waals surface area contributed by atoms with E-state index in [9.17, 15) is 0 Å². The lowest BCUT2D eigenvalue weighted by atomic mass is 9.99. The topological polar surface area (TPSA) is 21.6 Å². The predicted molar refractivity (Wildman–Crippen MR) is 95.5 cm³/mol. The van der Waals surface area contributed by atoms with Crippen LogP contribution in [0, 0.1) is 0 Å². The standard InChI is InChI=1S/C21H17NO/c1-23-20-14-12-19(13-15-20)22-16-21(17-8-4-2-5-9-17)18-10-6-3-7-11-18/h2-15H,1H3. The van der Waals surface area contributed by atoms with Gasteiger partial charge < -0.3 is 4.74 Å². The largest absolute Gasteiger partial charge is 0.497 e. The Bertz CT molecular complexity index is 773. The molecule has 0 aliphatic heterocycles. The van der Waals surface area contributed by atoms with Crippen LogP contribution < -0.4 is 4.74 Å². The summed E-state index contributed by atoms with van der Waals surface area (Å²) >= 11 is 0. The molecule has 0 saturated heterocycles. The number of hydrogen-bond acceptors (Lipinski definition) is 2. The SMILES string of the molecule is COc1ccc(N=C=C(c2ccccc2)c2ccccc2)cc1. The maximum atomic E-state index is 5.17. The summed E-state index contributed by atoms with van der Waals surface area (Å²) in [6, 6.07) is 28.0. The van der Waals surface area contributed by atoms with Crippen LogP contribution in [-0.2, 0) is 0 Å². The normalized spacial score (nSPS) is 9.78. The summed E-state index contributed by atoms with van der Waals surface area (Å²) < 4.78 is 5.17. The number of ether oxygens (including phenoxy) is 1. The van der Waals surface area contributed by atoms with Crippen molar-refractivity contribution < 1.29 is 4.74 Å². The molecular formula is C21H17NO. The molecule has 2 nitrogen and oxygen atoms in total. The first-order valence-corrected chi connectivity index (χ1v) is 7.45. The molecule has 0 fully saturated rings. The minimum Gasteiger partial charge on any atom is -0.497 e. The molecule has 112 valence electrons. The van der Waals surface area contributed by atoms with Gasteiger partial charge in [0.1, 0.15) is 5.75 Å². The lowest BCUT2D eigenvalue weighted by molar-refractivity contribution is 0.415. The highest BCUT2D eigenvalue weighted by Gasteiger charge is 2.03. The molecule has 0 aromatic heterocycles. The van der Waals surface area contributed by atoms with Crippen LogP contribution in [0.25, 0.3) is 5.57 Å². The summed E-state index contributed by atoms with van der Waals surface area (Å²) in [4.78, 5) is 4.49. The van der Waals surface area contributed by atoms with Crippen molar-refractivity contribution in [3.05, 3.63) is 96.1 Å². The van der Waals surface area contributed by atoms with E-state index < -0.39 is 0 Å². The summed E-state index contributed by atoms with van der Waals surface area (Å²) in [5.74, 6) is 4.03. The fourth-order valence-electron chi connectivity index (χ4n) is 2.28. The minimum atomic E-state index is 0.819. The van der Waals surface area contributed by atoms with Gasteiger partial charge in [0.2, 0.25) is 0 Å². The van der Waals surface area contributed by atoms with E-state index in [-0.39, 0.29) is 0 Å². The maximum Gasteiger partial charge on any atom is 0.119 e. The number of methoxy groups -OCH3 is 1. The molecule has 3 rings (SSSR count). The Morgan fingerprint density at radius 1 is 0.739 bits per heavy atom. The Kier molecular flexibility index (Phi) is 4.68. The number of hydrogen-bond donors (Lipinski definition) is 0. The summed E-state index contributed by atoms with van der Waals surface area (Å²) in [6.07, 6.45) is 0. The van der Waals surface area contributed by atoms with Crippen molar-refractivity contribution in [2.75, 3.05) is 7.11 Å². The van der Waals surface area contributed by atoms with Crippen molar-refractivity contribution in [1.82, 2.24) is 0 Å². The average molecular weight is 299 g/mol. The fraction of sp³-hybridized carbons (Fsp3) is 0.0476. The zero-order chi connectivity index (χ0) is 15.9. The second-order valence-electron chi connectivity index (χ2n) is 5.03. The molecule has 0 atom stereocenters. The quantitative estimate of drug-likeness (QED) is 0.612. The highest BCUT2D eigenvalue weighted by atomic mass is 16.5. The van der Waals surface area contributed by atoms with Crippen LogP contribution in [0.5, 0.6) is 5.75 Å². The van der Waals surface area contributed by atoms with E-state index in [1.807, 2.05) is 60.7 Å². The van der Waals surface area contributed by atoms with Gasteiger partial charge in [-0.25, -0.2) is 4.99 Å². The Balaban J connectivity index is 2.05. The molecule has 23 heavy (non-hydrogen) atoms. The monoisotopic (exact) mass is 299 g/mol. The van der Waals surface area contributed by atoms with Gasteiger partial charge in [0.25, 0.3) is 0 Å². The van der Waals surface area contributed by atoms with Crippen LogP contribution in [0.3, 0.4) is 0 Å². The molecule has 0 unspecified atom stereocenters. The fourth-order valence-corrected chi connectivity index (χ4v) is 2.28. The van der Waals surface area contributed by atoms with Crippen LogP contribution in [-0.4, -0.2) is 13.0 Å². The first-order valence-electron chi connectivity index (χ1n) is 7.45. The summed E-state index contributed by atoms with van der Waals surface area (Å²) in [7, 11) is 1.65. The second kappa shape index (κ2) is 7.26. The van der Waals surface area contributed by atoms with Crippen LogP contribution in [0.15, 0.2) is 89.9 Å². The Morgan fingerprint density at radius 2 is 1.26 bits per heavy atom. The number of nitrogens with zero attached hydrogens (tertiary/aromatic N) is 1. The average Bonchev–Trinajstić information content (AvgIpc) is 2.64. The molecule has 3 aromatic rings. The summed E-state index contributed by atoms with van der Waals surface area (Å²) in [6.45, 7) is 0. The van der Waals surface area contributed by atoms with Gasteiger partial charge in [0.15, 0.2) is 0 Å². The van der Waals surface area contributed by atoms with Gasteiger partial charge in [0, 0.05) is 0 Å². The second-order valence-corrected chi connectivity index (χ2v) is 5.03. The van der Waals surface area contributed by atoms with Gasteiger partial charge in [-0.15, -0.1) is 0 Å². The third kappa shape index (κ3) is 3.76. The van der Waals surface area contributed by atoms with Crippen molar-refractivity contribution in [1.29, 1.82) is 0 Å². The molecule has 0 amide bonds. The molecule has 0 spiro atoms. The molecule has 0 bridgehead atoms. The lowest BCUT2D eigenvalue weighted by Crippen LogP contribution is -1.88. The van der Waals surface area contributed by atoms with Gasteiger partial charge in [0.05, 0.1) is 18.4 Å². The van der Waals surface area contributed by atoms with Gasteiger partial charge in [-0.05, 0) is 41.3 Å². The first-order chi connectivity index (χ1) is 11.4. The first kappa shape index (κ1) is 14.8. The minimum absolute atomic E-state index is 0.819. The van der Waals surface area contributed by atoms with Crippen molar-refractivity contribution >= 4 is 17.1 Å². The third-order valence-electron chi connectivity index (χ3n) is 3.49. The van der Waals surface area contributed by atoms with E-state index in [1.165, 1.54) is 0 Å². The lowest BCUT2D eigenvalue weighted by Gasteiger charge is -2.04. The van der Waals surface area contributed by atoms with Crippen LogP contribution >= 0.6 is 0 Å². The zero-order valence-corrected chi connectivity index (χ0v) is 12.9. The molecule has 0 aliphatic carbocycles. The van der Waals surface area contributed by atoms with Crippen molar-refractivity contribution in [3.63, 3.8) is 0 Å². The van der Waals surface area contributed by atoms with Gasteiger partial charge >= 0.3 is 0 Å². The molecule has 3 aromatic carbocycles. The number of rotatable bonds is 4. The summed E-state index contributed by atoms with van der Waals surface area (Å²) in [5.41, 5.74) is 4.00.